The third kappa shape index (κ3) is 5.52. The molecule has 3 aromatic rings. The molecule has 0 atom stereocenters. The quantitative estimate of drug-likeness (QED) is 0.607. The van der Waals surface area contributed by atoms with Crippen LogP contribution in [0.4, 0.5) is 5.13 Å². The average molecular weight is 380 g/mol. The molecular formula is C20H16N2O4S. The van der Waals surface area contributed by atoms with Gasteiger partial charge < -0.3 is 9.84 Å². The summed E-state index contributed by atoms with van der Waals surface area (Å²) in [6.45, 7) is -0.407. The van der Waals surface area contributed by atoms with Crippen LogP contribution in [0.2, 0.25) is 0 Å². The Morgan fingerprint density at radius 1 is 1.15 bits per heavy atom. The molecule has 7 heteroatoms. The second kappa shape index (κ2) is 8.77. The van der Waals surface area contributed by atoms with E-state index in [9.17, 15) is 9.59 Å². The van der Waals surface area contributed by atoms with Gasteiger partial charge in [0, 0.05) is 17.0 Å². The van der Waals surface area contributed by atoms with Crippen molar-refractivity contribution in [2.24, 2.45) is 0 Å². The number of nitrogens with one attached hydrogen (secondary N) is 1. The number of carboxylic acid groups (broad SMARTS) is 1. The summed E-state index contributed by atoms with van der Waals surface area (Å²) in [5.41, 5.74) is 2.38. The van der Waals surface area contributed by atoms with Gasteiger partial charge in [-0.1, -0.05) is 42.5 Å². The molecule has 27 heavy (non-hydrogen) atoms. The molecule has 136 valence electrons. The minimum atomic E-state index is -1.04. The molecule has 1 heterocycles. The Kier molecular flexibility index (Phi) is 5.96. The van der Waals surface area contributed by atoms with Crippen molar-refractivity contribution in [1.82, 2.24) is 4.98 Å². The molecule has 0 spiro atoms. The number of aromatic nitrogens is 1. The minimum absolute atomic E-state index is 0.265. The number of nitrogens with zero attached hydrogens (tertiary/aromatic N) is 1. The largest absolute Gasteiger partial charge is 0.482 e. The van der Waals surface area contributed by atoms with Gasteiger partial charge in [0.25, 0.3) is 0 Å². The Hall–Kier alpha value is -3.45. The summed E-state index contributed by atoms with van der Waals surface area (Å²) in [4.78, 5) is 27.0. The van der Waals surface area contributed by atoms with Crippen LogP contribution in [0.25, 0.3) is 17.3 Å². The maximum Gasteiger partial charge on any atom is 0.341 e. The normalized spacial score (nSPS) is 10.7. The van der Waals surface area contributed by atoms with E-state index in [2.05, 4.69) is 10.3 Å². The number of benzene rings is 2. The molecule has 1 amide bonds. The SMILES string of the molecule is O=C(O)COc1cccc(-c2csc(NC(=O)/C=C/c3ccccc3)n2)c1. The number of rotatable bonds is 7. The molecule has 2 aromatic carbocycles. The zero-order chi connectivity index (χ0) is 19.1. The summed E-state index contributed by atoms with van der Waals surface area (Å²) in [5, 5.41) is 13.7. The van der Waals surface area contributed by atoms with Crippen molar-refractivity contribution in [3.63, 3.8) is 0 Å². The Labute approximate surface area is 159 Å². The molecule has 0 radical (unpaired) electrons. The van der Waals surface area contributed by atoms with Crippen molar-refractivity contribution in [3.05, 3.63) is 71.6 Å². The lowest BCUT2D eigenvalue weighted by atomic mass is 10.2. The number of amides is 1. The highest BCUT2D eigenvalue weighted by Gasteiger charge is 2.08. The number of carboxylic acids is 1. The summed E-state index contributed by atoms with van der Waals surface area (Å²) < 4.78 is 5.17. The molecule has 0 fully saturated rings. The molecule has 0 unspecified atom stereocenters. The maximum atomic E-state index is 12.0. The predicted molar refractivity (Wildman–Crippen MR) is 105 cm³/mol. The Morgan fingerprint density at radius 2 is 1.96 bits per heavy atom. The topological polar surface area (TPSA) is 88.5 Å². The molecule has 0 saturated heterocycles. The Balaban J connectivity index is 1.64. The van der Waals surface area contributed by atoms with Crippen molar-refractivity contribution in [3.8, 4) is 17.0 Å². The van der Waals surface area contributed by atoms with Crippen molar-refractivity contribution >= 4 is 34.4 Å². The fourth-order valence-corrected chi connectivity index (χ4v) is 2.96. The minimum Gasteiger partial charge on any atom is -0.482 e. The lowest BCUT2D eigenvalue weighted by Crippen LogP contribution is -2.09. The molecular weight excluding hydrogens is 364 g/mol. The molecule has 6 nitrogen and oxygen atoms in total. The first kappa shape index (κ1) is 18.3. The molecule has 1 aromatic heterocycles. The van der Waals surface area contributed by atoms with Gasteiger partial charge in [0.15, 0.2) is 11.7 Å². The van der Waals surface area contributed by atoms with E-state index in [0.29, 0.717) is 16.6 Å². The highest BCUT2D eigenvalue weighted by Crippen LogP contribution is 2.27. The third-order valence-electron chi connectivity index (χ3n) is 3.45. The van der Waals surface area contributed by atoms with Crippen LogP contribution in [0.5, 0.6) is 5.75 Å². The lowest BCUT2D eigenvalue weighted by Gasteiger charge is -2.04. The molecule has 0 saturated carbocycles. The van der Waals surface area contributed by atoms with Crippen LogP contribution < -0.4 is 10.1 Å². The number of hydrogen-bond donors (Lipinski definition) is 2. The summed E-state index contributed by atoms with van der Waals surface area (Å²) in [5.74, 6) is -0.861. The summed E-state index contributed by atoms with van der Waals surface area (Å²) in [6.07, 6.45) is 3.18. The van der Waals surface area contributed by atoms with E-state index in [-0.39, 0.29) is 5.91 Å². The second-order valence-electron chi connectivity index (χ2n) is 5.48. The van der Waals surface area contributed by atoms with Crippen molar-refractivity contribution in [2.75, 3.05) is 11.9 Å². The number of carbonyl (C=O) groups is 2. The highest BCUT2D eigenvalue weighted by molar-refractivity contribution is 7.14. The summed E-state index contributed by atoms with van der Waals surface area (Å²) in [7, 11) is 0. The van der Waals surface area contributed by atoms with Gasteiger partial charge in [0.05, 0.1) is 5.69 Å². The molecule has 0 bridgehead atoms. The predicted octanol–water partition coefficient (Wildman–Crippen LogP) is 3.93. The Bertz CT molecular complexity index is 967. The number of ether oxygens (including phenoxy) is 1. The maximum absolute atomic E-state index is 12.0. The van der Waals surface area contributed by atoms with E-state index in [4.69, 9.17) is 9.84 Å². The van der Waals surface area contributed by atoms with Crippen molar-refractivity contribution in [2.45, 2.75) is 0 Å². The van der Waals surface area contributed by atoms with Crippen molar-refractivity contribution in [1.29, 1.82) is 0 Å². The lowest BCUT2D eigenvalue weighted by molar-refractivity contribution is -0.139. The second-order valence-corrected chi connectivity index (χ2v) is 6.34. The molecule has 0 aliphatic rings. The molecule has 3 rings (SSSR count). The van der Waals surface area contributed by atoms with Gasteiger partial charge in [-0.15, -0.1) is 11.3 Å². The van der Waals surface area contributed by atoms with Gasteiger partial charge in [0.1, 0.15) is 5.75 Å². The molecule has 0 aliphatic heterocycles. The fraction of sp³-hybridized carbons (Fsp3) is 0.0500. The van der Waals surface area contributed by atoms with E-state index in [1.807, 2.05) is 41.8 Å². The van der Waals surface area contributed by atoms with Gasteiger partial charge in [-0.2, -0.15) is 0 Å². The van der Waals surface area contributed by atoms with E-state index in [0.717, 1.165) is 11.1 Å². The van der Waals surface area contributed by atoms with Gasteiger partial charge in [0.2, 0.25) is 5.91 Å². The van der Waals surface area contributed by atoms with E-state index in [1.54, 1.807) is 24.3 Å². The van der Waals surface area contributed by atoms with Crippen LogP contribution in [0.15, 0.2) is 66.1 Å². The van der Waals surface area contributed by atoms with Crippen LogP contribution in [-0.2, 0) is 9.59 Å². The van der Waals surface area contributed by atoms with E-state index >= 15 is 0 Å². The first-order valence-electron chi connectivity index (χ1n) is 8.05. The van der Waals surface area contributed by atoms with Crippen LogP contribution in [0.1, 0.15) is 5.56 Å². The highest BCUT2D eigenvalue weighted by atomic mass is 32.1. The zero-order valence-corrected chi connectivity index (χ0v) is 15.0. The monoisotopic (exact) mass is 380 g/mol. The van der Waals surface area contributed by atoms with Crippen LogP contribution in [-0.4, -0.2) is 28.6 Å². The van der Waals surface area contributed by atoms with Crippen LogP contribution in [0.3, 0.4) is 0 Å². The number of carbonyl (C=O) groups excluding carboxylic acids is 1. The molecule has 0 aliphatic carbocycles. The summed E-state index contributed by atoms with van der Waals surface area (Å²) in [6, 6.07) is 16.5. The smallest absolute Gasteiger partial charge is 0.341 e. The number of thiazole rings is 1. The van der Waals surface area contributed by atoms with Gasteiger partial charge >= 0.3 is 5.97 Å². The number of aliphatic carboxylic acids is 1. The van der Waals surface area contributed by atoms with E-state index < -0.39 is 12.6 Å². The first-order valence-corrected chi connectivity index (χ1v) is 8.93. The van der Waals surface area contributed by atoms with Crippen LogP contribution in [0, 0.1) is 0 Å². The Morgan fingerprint density at radius 3 is 2.74 bits per heavy atom. The fourth-order valence-electron chi connectivity index (χ4n) is 2.24. The summed E-state index contributed by atoms with van der Waals surface area (Å²) >= 11 is 1.31. The van der Waals surface area contributed by atoms with Crippen molar-refractivity contribution < 1.29 is 19.4 Å². The molecule has 2 N–H and O–H groups in total. The average Bonchev–Trinajstić information content (AvgIpc) is 3.14. The van der Waals surface area contributed by atoms with Gasteiger partial charge in [-0.05, 0) is 23.8 Å². The third-order valence-corrected chi connectivity index (χ3v) is 4.21. The number of hydrogen-bond acceptors (Lipinski definition) is 5. The van der Waals surface area contributed by atoms with Crippen LogP contribution >= 0.6 is 11.3 Å². The standard InChI is InChI=1S/C20H16N2O4S/c23-18(10-9-14-5-2-1-3-6-14)22-20-21-17(13-27-20)15-7-4-8-16(11-15)26-12-19(24)25/h1-11,13H,12H2,(H,24,25)(H,21,22,23)/b10-9+. The number of anilines is 1. The van der Waals surface area contributed by atoms with Gasteiger partial charge in [-0.3, -0.25) is 10.1 Å². The zero-order valence-electron chi connectivity index (χ0n) is 14.2. The first-order chi connectivity index (χ1) is 13.1. The van der Waals surface area contributed by atoms with Gasteiger partial charge in [-0.25, -0.2) is 9.78 Å². The van der Waals surface area contributed by atoms with E-state index in [1.165, 1.54) is 17.4 Å².